The summed E-state index contributed by atoms with van der Waals surface area (Å²) in [4.78, 5) is 15.3. The molecular weight excluding hydrogens is 390 g/mol. The van der Waals surface area contributed by atoms with Gasteiger partial charge in [0.2, 0.25) is 0 Å². The molecule has 0 aliphatic carbocycles. The van der Waals surface area contributed by atoms with Gasteiger partial charge in [0.15, 0.2) is 11.5 Å². The van der Waals surface area contributed by atoms with Gasteiger partial charge >= 0.3 is 6.03 Å². The molecule has 2 unspecified atom stereocenters. The first kappa shape index (κ1) is 22.9. The lowest BCUT2D eigenvalue weighted by molar-refractivity contribution is 0.134. The number of nitrogens with zero attached hydrogens (tertiary/aromatic N) is 1. The molecule has 1 aliphatic heterocycles. The van der Waals surface area contributed by atoms with Gasteiger partial charge in [0.05, 0.1) is 26.3 Å². The number of nitrogens with one attached hydrogen (secondary N) is 2. The average Bonchev–Trinajstić information content (AvgIpc) is 2.77. The number of likely N-dealkylation sites (N-methyl/N-ethyl adjacent to an activating group) is 1. The molecule has 2 aromatic rings. The monoisotopic (exact) mass is 425 g/mol. The molecule has 0 saturated carbocycles. The molecule has 2 aromatic carbocycles. The summed E-state index contributed by atoms with van der Waals surface area (Å²) in [5, 5.41) is 6.23. The summed E-state index contributed by atoms with van der Waals surface area (Å²) in [6, 6.07) is 11.8. The molecule has 0 radical (unpaired) electrons. The van der Waals surface area contributed by atoms with Crippen molar-refractivity contribution in [2.45, 2.75) is 46.2 Å². The highest BCUT2D eigenvalue weighted by atomic mass is 16.5. The fourth-order valence-corrected chi connectivity index (χ4v) is 4.37. The first-order valence-corrected chi connectivity index (χ1v) is 11.0. The van der Waals surface area contributed by atoms with Gasteiger partial charge in [-0.25, -0.2) is 4.79 Å². The molecule has 0 fully saturated rings. The normalized spacial score (nSPS) is 17.1. The predicted molar refractivity (Wildman–Crippen MR) is 125 cm³/mol. The fraction of sp³-hybridized carbons (Fsp3) is 0.480. The van der Waals surface area contributed by atoms with Crippen molar-refractivity contribution in [1.82, 2.24) is 10.2 Å². The Morgan fingerprint density at radius 2 is 1.77 bits per heavy atom. The van der Waals surface area contributed by atoms with E-state index in [1.54, 1.807) is 14.2 Å². The van der Waals surface area contributed by atoms with Crippen LogP contribution in [0.3, 0.4) is 0 Å². The molecule has 1 heterocycles. The maximum absolute atomic E-state index is 12.9. The fourth-order valence-electron chi connectivity index (χ4n) is 4.37. The third kappa shape index (κ3) is 5.13. The van der Waals surface area contributed by atoms with Crippen molar-refractivity contribution in [1.29, 1.82) is 0 Å². The third-order valence-corrected chi connectivity index (χ3v) is 6.10. The molecule has 0 bridgehead atoms. The van der Waals surface area contributed by atoms with E-state index in [1.165, 1.54) is 11.1 Å². The molecule has 1 aliphatic rings. The summed E-state index contributed by atoms with van der Waals surface area (Å²) in [6.45, 7) is 10.3. The van der Waals surface area contributed by atoms with Crippen LogP contribution in [0.15, 0.2) is 36.4 Å². The molecule has 31 heavy (non-hydrogen) atoms. The summed E-state index contributed by atoms with van der Waals surface area (Å²) >= 11 is 0. The SMILES string of the molecule is CCN1CCc2cc(OC)c(OC)cc2C1C(NC(=O)Nc1ccc(C)cc1)C(C)C. The molecule has 0 spiro atoms. The van der Waals surface area contributed by atoms with Crippen molar-refractivity contribution in [3.05, 3.63) is 53.1 Å². The lowest BCUT2D eigenvalue weighted by Crippen LogP contribution is -2.52. The number of hydrogen-bond donors (Lipinski definition) is 2. The molecule has 6 nitrogen and oxygen atoms in total. The molecule has 2 N–H and O–H groups in total. The van der Waals surface area contributed by atoms with Gasteiger partial charge < -0.3 is 20.1 Å². The third-order valence-electron chi connectivity index (χ3n) is 6.10. The molecule has 2 amide bonds. The maximum atomic E-state index is 12.9. The van der Waals surface area contributed by atoms with E-state index in [2.05, 4.69) is 48.4 Å². The van der Waals surface area contributed by atoms with Crippen LogP contribution in [0.5, 0.6) is 11.5 Å². The van der Waals surface area contributed by atoms with E-state index < -0.39 is 0 Å². The molecule has 0 saturated heterocycles. The van der Waals surface area contributed by atoms with Crippen LogP contribution in [-0.4, -0.2) is 44.3 Å². The number of anilines is 1. The molecule has 2 atom stereocenters. The minimum absolute atomic E-state index is 0.0531. The van der Waals surface area contributed by atoms with E-state index in [4.69, 9.17) is 9.47 Å². The number of benzene rings is 2. The Kier molecular flexibility index (Phi) is 7.44. The van der Waals surface area contributed by atoms with E-state index >= 15 is 0 Å². The van der Waals surface area contributed by atoms with Gasteiger partial charge in [-0.05, 0) is 61.2 Å². The topological polar surface area (TPSA) is 62.8 Å². The summed E-state index contributed by atoms with van der Waals surface area (Å²) in [7, 11) is 3.32. The second kappa shape index (κ2) is 10.1. The van der Waals surface area contributed by atoms with E-state index in [-0.39, 0.29) is 24.0 Å². The zero-order valence-electron chi connectivity index (χ0n) is 19.5. The molecule has 6 heteroatoms. The number of fused-ring (bicyclic) bond motifs is 1. The molecular formula is C25H35N3O3. The Hall–Kier alpha value is -2.73. The number of urea groups is 1. The van der Waals surface area contributed by atoms with Gasteiger partial charge in [-0.3, -0.25) is 4.90 Å². The minimum atomic E-state index is -0.189. The standard InChI is InChI=1S/C25H35N3O3/c1-7-28-13-12-18-14-21(30-5)22(31-6)15-20(18)24(28)23(16(2)3)27-25(29)26-19-10-8-17(4)9-11-19/h8-11,14-16,23-24H,7,12-13H2,1-6H3,(H2,26,27,29). The lowest BCUT2D eigenvalue weighted by atomic mass is 9.83. The van der Waals surface area contributed by atoms with Crippen molar-refractivity contribution >= 4 is 11.7 Å². The van der Waals surface area contributed by atoms with Crippen LogP contribution < -0.4 is 20.1 Å². The smallest absolute Gasteiger partial charge is 0.319 e. The van der Waals surface area contributed by atoms with E-state index in [0.717, 1.165) is 42.3 Å². The maximum Gasteiger partial charge on any atom is 0.319 e. The number of aryl methyl sites for hydroxylation is 1. The van der Waals surface area contributed by atoms with Crippen LogP contribution in [-0.2, 0) is 6.42 Å². The van der Waals surface area contributed by atoms with Crippen LogP contribution in [0.25, 0.3) is 0 Å². The summed E-state index contributed by atoms with van der Waals surface area (Å²) in [6.07, 6.45) is 0.945. The van der Waals surface area contributed by atoms with E-state index in [9.17, 15) is 4.79 Å². The second-order valence-corrected chi connectivity index (χ2v) is 8.46. The van der Waals surface area contributed by atoms with Crippen molar-refractivity contribution in [3.63, 3.8) is 0 Å². The van der Waals surface area contributed by atoms with Crippen molar-refractivity contribution < 1.29 is 14.3 Å². The number of rotatable bonds is 7. The van der Waals surface area contributed by atoms with Crippen molar-refractivity contribution in [2.75, 3.05) is 32.6 Å². The highest BCUT2D eigenvalue weighted by molar-refractivity contribution is 5.89. The highest BCUT2D eigenvalue weighted by Crippen LogP contribution is 2.40. The summed E-state index contributed by atoms with van der Waals surface area (Å²) < 4.78 is 11.1. The molecule has 168 valence electrons. The van der Waals surface area contributed by atoms with Crippen LogP contribution >= 0.6 is 0 Å². The first-order valence-electron chi connectivity index (χ1n) is 11.0. The highest BCUT2D eigenvalue weighted by Gasteiger charge is 2.36. The zero-order valence-corrected chi connectivity index (χ0v) is 19.5. The Bertz CT molecular complexity index is 896. The van der Waals surface area contributed by atoms with Crippen LogP contribution in [0.1, 0.15) is 43.5 Å². The molecule has 3 rings (SSSR count). The number of carbonyl (C=O) groups excluding carboxylic acids is 1. The van der Waals surface area contributed by atoms with Gasteiger partial charge in [0.25, 0.3) is 0 Å². The van der Waals surface area contributed by atoms with Crippen LogP contribution in [0.4, 0.5) is 10.5 Å². The number of methoxy groups -OCH3 is 2. The van der Waals surface area contributed by atoms with Gasteiger partial charge in [-0.15, -0.1) is 0 Å². The van der Waals surface area contributed by atoms with Gasteiger partial charge in [-0.2, -0.15) is 0 Å². The second-order valence-electron chi connectivity index (χ2n) is 8.46. The van der Waals surface area contributed by atoms with Crippen LogP contribution in [0.2, 0.25) is 0 Å². The van der Waals surface area contributed by atoms with Crippen molar-refractivity contribution in [3.8, 4) is 11.5 Å². The number of ether oxygens (including phenoxy) is 2. The van der Waals surface area contributed by atoms with Crippen LogP contribution in [0, 0.1) is 12.8 Å². The Morgan fingerprint density at radius 3 is 2.35 bits per heavy atom. The Labute approximate surface area is 185 Å². The van der Waals surface area contributed by atoms with Gasteiger partial charge in [0.1, 0.15) is 0 Å². The van der Waals surface area contributed by atoms with Gasteiger partial charge in [0, 0.05) is 12.2 Å². The van der Waals surface area contributed by atoms with E-state index in [1.807, 2.05) is 31.2 Å². The Balaban J connectivity index is 1.91. The minimum Gasteiger partial charge on any atom is -0.493 e. The average molecular weight is 426 g/mol. The number of carbonyl (C=O) groups is 1. The summed E-state index contributed by atoms with van der Waals surface area (Å²) in [5.41, 5.74) is 4.39. The lowest BCUT2D eigenvalue weighted by Gasteiger charge is -2.43. The summed E-state index contributed by atoms with van der Waals surface area (Å²) in [5.74, 6) is 1.70. The molecule has 0 aromatic heterocycles. The number of hydrogen-bond acceptors (Lipinski definition) is 4. The number of amides is 2. The van der Waals surface area contributed by atoms with Crippen molar-refractivity contribution in [2.24, 2.45) is 5.92 Å². The largest absolute Gasteiger partial charge is 0.493 e. The quantitative estimate of drug-likeness (QED) is 0.670. The first-order chi connectivity index (χ1) is 14.9. The zero-order chi connectivity index (χ0) is 22.5. The van der Waals surface area contributed by atoms with Gasteiger partial charge in [-0.1, -0.05) is 38.5 Å². The predicted octanol–water partition coefficient (Wildman–Crippen LogP) is 4.78. The Morgan fingerprint density at radius 1 is 1.13 bits per heavy atom. The van der Waals surface area contributed by atoms with E-state index in [0.29, 0.717) is 0 Å².